The molecule has 0 aromatic heterocycles. The van der Waals surface area contributed by atoms with Crippen molar-refractivity contribution in [1.29, 1.82) is 0 Å². The molecular weight excluding hydrogens is 456 g/mol. The monoisotopic (exact) mass is 506 g/mol. The van der Waals surface area contributed by atoms with Crippen LogP contribution < -0.4 is 0 Å². The number of aliphatic hydroxyl groups is 3. The Bertz CT molecular complexity index is 634. The third-order valence-electron chi connectivity index (χ3n) is 6.95. The predicted molar refractivity (Wildman–Crippen MR) is 138 cm³/mol. The predicted octanol–water partition coefficient (Wildman–Crippen LogP) is 4.38. The van der Waals surface area contributed by atoms with Crippen molar-refractivity contribution in [2.45, 2.75) is 116 Å². The molecule has 0 fully saturated rings. The van der Waals surface area contributed by atoms with Gasteiger partial charge in [-0.05, 0) is 61.6 Å². The van der Waals surface area contributed by atoms with Gasteiger partial charge in [-0.1, -0.05) is 47.6 Å². The molecule has 3 N–H and O–H groups in total. The molecule has 33 heavy (non-hydrogen) atoms. The van der Waals surface area contributed by atoms with Crippen molar-refractivity contribution >= 4 is 22.6 Å². The largest absolute Gasteiger partial charge is 0.464 e. The fraction of sp³-hybridized carbons (Fsp3) is 0.875. The molecule has 0 amide bonds. The summed E-state index contributed by atoms with van der Waals surface area (Å²) in [4.78, 5) is 11.9. The summed E-state index contributed by atoms with van der Waals surface area (Å²) in [7, 11) is -4.11. The first-order valence-corrected chi connectivity index (χ1v) is 17.8. The third-order valence-corrected chi connectivity index (χ3v) is 16.0. The zero-order valence-electron chi connectivity index (χ0n) is 22.8. The molecule has 0 saturated carbocycles. The Morgan fingerprint density at radius 3 is 1.88 bits per heavy atom. The van der Waals surface area contributed by atoms with Crippen LogP contribution in [0.1, 0.15) is 61.3 Å². The van der Waals surface area contributed by atoms with E-state index in [1.165, 1.54) is 0 Å². The van der Waals surface area contributed by atoms with E-state index in [9.17, 15) is 20.1 Å². The van der Waals surface area contributed by atoms with Gasteiger partial charge >= 0.3 is 5.97 Å². The van der Waals surface area contributed by atoms with Crippen molar-refractivity contribution in [2.24, 2.45) is 0 Å². The van der Waals surface area contributed by atoms with Gasteiger partial charge in [0.25, 0.3) is 0 Å². The minimum Gasteiger partial charge on any atom is -0.464 e. The van der Waals surface area contributed by atoms with Gasteiger partial charge in [0.2, 0.25) is 0 Å². The van der Waals surface area contributed by atoms with Gasteiger partial charge in [-0.25, -0.2) is 4.79 Å². The van der Waals surface area contributed by atoms with Crippen LogP contribution in [0.25, 0.3) is 0 Å². The SMILES string of the molecule is CCOC(=O)C(O)C(O)/C(=C/C[C@H](CO[Si](C)(C)C(C)(C)C)O[Si](C)(C)C(C)(C)C)CCO. The molecule has 196 valence electrons. The molecule has 0 aliphatic carbocycles. The molecule has 0 aliphatic rings. The zero-order valence-corrected chi connectivity index (χ0v) is 24.8. The van der Waals surface area contributed by atoms with E-state index in [2.05, 4.69) is 67.7 Å². The number of carbonyl (C=O) groups excluding carboxylic acids is 1. The fourth-order valence-electron chi connectivity index (χ4n) is 2.60. The highest BCUT2D eigenvalue weighted by molar-refractivity contribution is 6.74. The van der Waals surface area contributed by atoms with Gasteiger partial charge in [-0.3, -0.25) is 0 Å². The number of hydrogen-bond donors (Lipinski definition) is 3. The van der Waals surface area contributed by atoms with E-state index < -0.39 is 34.8 Å². The van der Waals surface area contributed by atoms with Crippen molar-refractivity contribution in [3.8, 4) is 0 Å². The van der Waals surface area contributed by atoms with Crippen LogP contribution in [0.3, 0.4) is 0 Å². The van der Waals surface area contributed by atoms with Crippen LogP contribution in [0, 0.1) is 0 Å². The van der Waals surface area contributed by atoms with Gasteiger partial charge in [0.05, 0.1) is 19.3 Å². The van der Waals surface area contributed by atoms with E-state index in [-0.39, 0.29) is 35.8 Å². The molecule has 0 bridgehead atoms. The maximum Gasteiger partial charge on any atom is 0.338 e. The topological polar surface area (TPSA) is 105 Å². The van der Waals surface area contributed by atoms with Gasteiger partial charge in [0.15, 0.2) is 22.7 Å². The standard InChI is InChI=1S/C24H50O7Si2/c1-12-29-22(28)21(27)20(26)18(15-16-25)13-14-19(31-33(10,11)24(5,6)7)17-30-32(8,9)23(2,3)4/h13,19-21,25-27H,12,14-17H2,1-11H3/b18-13+/t19-,20?,21?/m1/s1. The first kappa shape index (κ1) is 32.4. The first-order valence-electron chi connectivity index (χ1n) is 11.9. The second-order valence-corrected chi connectivity index (χ2v) is 21.3. The molecule has 0 saturated heterocycles. The van der Waals surface area contributed by atoms with Crippen LogP contribution in [0.4, 0.5) is 0 Å². The van der Waals surface area contributed by atoms with Crippen LogP contribution in [-0.4, -0.2) is 76.1 Å². The Balaban J connectivity index is 5.79. The van der Waals surface area contributed by atoms with Crippen LogP contribution in [-0.2, 0) is 18.4 Å². The molecule has 7 nitrogen and oxygen atoms in total. The maximum atomic E-state index is 11.9. The summed E-state index contributed by atoms with van der Waals surface area (Å²) in [5.74, 6) is -0.885. The summed E-state index contributed by atoms with van der Waals surface area (Å²) < 4.78 is 17.9. The number of rotatable bonds is 13. The third kappa shape index (κ3) is 10.3. The highest BCUT2D eigenvalue weighted by Gasteiger charge is 2.41. The molecule has 0 aliphatic heterocycles. The van der Waals surface area contributed by atoms with E-state index in [0.717, 1.165) is 0 Å². The molecule has 3 atom stereocenters. The number of esters is 1. The number of carbonyl (C=O) groups is 1. The Labute approximate surface area is 203 Å². The molecule has 0 aromatic carbocycles. The summed E-state index contributed by atoms with van der Waals surface area (Å²) in [6, 6.07) is 0. The average Bonchev–Trinajstić information content (AvgIpc) is 2.66. The fourth-order valence-corrected chi connectivity index (χ4v) is 4.99. The van der Waals surface area contributed by atoms with Gasteiger partial charge in [0.1, 0.15) is 6.10 Å². The molecule has 0 spiro atoms. The molecule has 9 heteroatoms. The number of hydrogen-bond acceptors (Lipinski definition) is 7. The van der Waals surface area contributed by atoms with E-state index in [0.29, 0.717) is 18.6 Å². The molecular formula is C24H50O7Si2. The van der Waals surface area contributed by atoms with Crippen LogP contribution in [0.2, 0.25) is 36.3 Å². The first-order chi connectivity index (χ1) is 14.8. The zero-order chi connectivity index (χ0) is 26.3. The number of ether oxygens (including phenoxy) is 1. The normalized spacial score (nSPS) is 17.0. The Morgan fingerprint density at radius 2 is 1.45 bits per heavy atom. The van der Waals surface area contributed by atoms with Crippen molar-refractivity contribution < 1.29 is 33.7 Å². The minimum atomic E-state index is -2.11. The Kier molecular flexibility index (Phi) is 12.7. The van der Waals surface area contributed by atoms with E-state index in [4.69, 9.17) is 13.6 Å². The summed E-state index contributed by atoms with van der Waals surface area (Å²) in [6.07, 6.45) is -1.08. The lowest BCUT2D eigenvalue weighted by molar-refractivity contribution is -0.157. The summed E-state index contributed by atoms with van der Waals surface area (Å²) >= 11 is 0. The van der Waals surface area contributed by atoms with Crippen molar-refractivity contribution in [3.05, 3.63) is 11.6 Å². The van der Waals surface area contributed by atoms with Gasteiger partial charge in [-0.2, -0.15) is 0 Å². The molecule has 0 aromatic rings. The molecule has 2 unspecified atom stereocenters. The van der Waals surface area contributed by atoms with E-state index in [1.54, 1.807) is 13.0 Å². The highest BCUT2D eigenvalue weighted by atomic mass is 28.4. The minimum absolute atomic E-state index is 0.0134. The van der Waals surface area contributed by atoms with Crippen molar-refractivity contribution in [1.82, 2.24) is 0 Å². The second-order valence-electron chi connectivity index (χ2n) is 11.7. The quantitative estimate of drug-likeness (QED) is 0.193. The highest BCUT2D eigenvalue weighted by Crippen LogP contribution is 2.39. The van der Waals surface area contributed by atoms with Crippen LogP contribution >= 0.6 is 0 Å². The van der Waals surface area contributed by atoms with E-state index >= 15 is 0 Å². The maximum absolute atomic E-state index is 11.9. The average molecular weight is 507 g/mol. The van der Waals surface area contributed by atoms with Gasteiger partial charge in [0, 0.05) is 6.61 Å². The Morgan fingerprint density at radius 1 is 0.939 bits per heavy atom. The summed E-state index contributed by atoms with van der Waals surface area (Å²) in [6.45, 7) is 23.8. The lowest BCUT2D eigenvalue weighted by Gasteiger charge is -2.41. The van der Waals surface area contributed by atoms with E-state index in [1.807, 2.05) is 0 Å². The van der Waals surface area contributed by atoms with Gasteiger partial charge in [-0.15, -0.1) is 0 Å². The lowest BCUT2D eigenvalue weighted by Crippen LogP contribution is -2.47. The van der Waals surface area contributed by atoms with Crippen molar-refractivity contribution in [2.75, 3.05) is 19.8 Å². The van der Waals surface area contributed by atoms with Crippen molar-refractivity contribution in [3.63, 3.8) is 0 Å². The number of aliphatic hydroxyl groups excluding tert-OH is 3. The van der Waals surface area contributed by atoms with Gasteiger partial charge < -0.3 is 28.9 Å². The summed E-state index contributed by atoms with van der Waals surface area (Å²) in [5.41, 5.74) is 0.384. The molecule has 0 rings (SSSR count). The molecule has 0 radical (unpaired) electrons. The Hall–Kier alpha value is -0.556. The summed E-state index contributed by atoms with van der Waals surface area (Å²) in [5, 5.41) is 30.3. The second kappa shape index (κ2) is 12.9. The molecule has 0 heterocycles. The smallest absolute Gasteiger partial charge is 0.338 e. The lowest BCUT2D eigenvalue weighted by atomic mass is 9.99. The van der Waals surface area contributed by atoms with Crippen LogP contribution in [0.15, 0.2) is 11.6 Å². The van der Waals surface area contributed by atoms with Crippen LogP contribution in [0.5, 0.6) is 0 Å².